The molecule has 0 aromatic heterocycles. The van der Waals surface area contributed by atoms with Crippen molar-refractivity contribution >= 4 is 35.8 Å². The first-order chi connectivity index (χ1) is 11.7. The Kier molecular flexibility index (Phi) is 11.3. The molecule has 26 heavy (non-hydrogen) atoms. The van der Waals surface area contributed by atoms with Crippen molar-refractivity contribution in [2.75, 3.05) is 40.3 Å². The highest BCUT2D eigenvalue weighted by atomic mass is 127. The topological polar surface area (TPSA) is 66.0 Å². The van der Waals surface area contributed by atoms with Crippen LogP contribution in [0.4, 0.5) is 0 Å². The number of nitrogens with one attached hydrogen (secondary N) is 2. The van der Waals surface area contributed by atoms with Crippen LogP contribution in [-0.2, 0) is 10.2 Å². The zero-order chi connectivity index (χ0) is 18.9. The van der Waals surface area contributed by atoms with Crippen molar-refractivity contribution in [3.63, 3.8) is 0 Å². The normalized spacial score (nSPS) is 11.4. The molecular formula is C19H33IN4O2. The highest BCUT2D eigenvalue weighted by molar-refractivity contribution is 14.0. The molecule has 0 bridgehead atoms. The Morgan fingerprint density at radius 1 is 1.23 bits per heavy atom. The van der Waals surface area contributed by atoms with E-state index in [1.165, 1.54) is 10.5 Å². The second kappa shape index (κ2) is 12.0. The van der Waals surface area contributed by atoms with Gasteiger partial charge in [0.05, 0.1) is 6.54 Å². The molecule has 7 heteroatoms. The molecule has 0 heterocycles. The molecule has 0 aliphatic rings. The molecule has 1 rings (SSSR count). The second-order valence-corrected chi connectivity index (χ2v) is 7.04. The predicted molar refractivity (Wildman–Crippen MR) is 119 cm³/mol. The lowest BCUT2D eigenvalue weighted by Gasteiger charge is -2.20. The van der Waals surface area contributed by atoms with Gasteiger partial charge in [-0.3, -0.25) is 4.79 Å². The molecule has 6 nitrogen and oxygen atoms in total. The van der Waals surface area contributed by atoms with Crippen LogP contribution in [0.25, 0.3) is 0 Å². The van der Waals surface area contributed by atoms with E-state index in [0.29, 0.717) is 19.1 Å². The third-order valence-corrected chi connectivity index (χ3v) is 3.58. The van der Waals surface area contributed by atoms with E-state index in [1.807, 2.05) is 19.1 Å². The fourth-order valence-electron chi connectivity index (χ4n) is 2.02. The first-order valence-corrected chi connectivity index (χ1v) is 8.69. The van der Waals surface area contributed by atoms with Crippen LogP contribution in [0.1, 0.15) is 33.3 Å². The Labute approximate surface area is 174 Å². The number of hydrogen-bond donors (Lipinski definition) is 2. The molecule has 0 aliphatic carbocycles. The fourth-order valence-corrected chi connectivity index (χ4v) is 2.02. The molecule has 0 atom stereocenters. The van der Waals surface area contributed by atoms with E-state index in [-0.39, 0.29) is 41.8 Å². The van der Waals surface area contributed by atoms with Gasteiger partial charge in [-0.1, -0.05) is 32.9 Å². The van der Waals surface area contributed by atoms with Crippen LogP contribution < -0.4 is 15.4 Å². The summed E-state index contributed by atoms with van der Waals surface area (Å²) in [4.78, 5) is 17.4. The van der Waals surface area contributed by atoms with Gasteiger partial charge in [-0.05, 0) is 30.0 Å². The van der Waals surface area contributed by atoms with Crippen molar-refractivity contribution in [3.8, 4) is 5.75 Å². The van der Waals surface area contributed by atoms with E-state index in [9.17, 15) is 4.79 Å². The van der Waals surface area contributed by atoms with Crippen molar-refractivity contribution in [1.82, 2.24) is 15.5 Å². The summed E-state index contributed by atoms with van der Waals surface area (Å²) in [5.41, 5.74) is 1.34. The number of benzene rings is 1. The van der Waals surface area contributed by atoms with E-state index < -0.39 is 0 Å². The smallest absolute Gasteiger partial charge is 0.243 e. The SMILES string of the molecule is CCNC(=NCC(=O)N(C)C)NCCOc1cccc(C(C)(C)C)c1.I. The Balaban J connectivity index is 0.00000625. The Morgan fingerprint density at radius 3 is 2.50 bits per heavy atom. The third-order valence-electron chi connectivity index (χ3n) is 3.58. The van der Waals surface area contributed by atoms with E-state index in [2.05, 4.69) is 48.5 Å². The summed E-state index contributed by atoms with van der Waals surface area (Å²) in [7, 11) is 3.44. The zero-order valence-electron chi connectivity index (χ0n) is 16.8. The highest BCUT2D eigenvalue weighted by Crippen LogP contribution is 2.25. The monoisotopic (exact) mass is 476 g/mol. The molecule has 1 aromatic rings. The van der Waals surface area contributed by atoms with Crippen molar-refractivity contribution in [2.24, 2.45) is 4.99 Å². The molecule has 1 amide bonds. The van der Waals surface area contributed by atoms with Gasteiger partial charge in [0, 0.05) is 20.6 Å². The van der Waals surface area contributed by atoms with Gasteiger partial charge in [-0.25, -0.2) is 4.99 Å². The van der Waals surface area contributed by atoms with Crippen LogP contribution in [0, 0.1) is 0 Å². The molecule has 0 aliphatic heterocycles. The quantitative estimate of drug-likeness (QED) is 0.275. The summed E-state index contributed by atoms with van der Waals surface area (Å²) in [6.07, 6.45) is 0. The first-order valence-electron chi connectivity index (χ1n) is 8.69. The highest BCUT2D eigenvalue weighted by Gasteiger charge is 2.13. The number of carbonyl (C=O) groups is 1. The summed E-state index contributed by atoms with van der Waals surface area (Å²) in [5, 5.41) is 6.29. The molecule has 1 aromatic carbocycles. The lowest BCUT2D eigenvalue weighted by Crippen LogP contribution is -2.40. The number of likely N-dealkylation sites (N-methyl/N-ethyl adjacent to an activating group) is 1. The minimum absolute atomic E-state index is 0. The molecule has 2 N–H and O–H groups in total. The summed E-state index contributed by atoms with van der Waals surface area (Å²) in [6.45, 7) is 10.5. The second-order valence-electron chi connectivity index (χ2n) is 7.04. The Hall–Kier alpha value is -1.51. The number of hydrogen-bond acceptors (Lipinski definition) is 3. The summed E-state index contributed by atoms with van der Waals surface area (Å²) in [5.74, 6) is 1.44. The van der Waals surface area contributed by atoms with E-state index >= 15 is 0 Å². The van der Waals surface area contributed by atoms with Gasteiger partial charge >= 0.3 is 0 Å². The maximum Gasteiger partial charge on any atom is 0.243 e. The van der Waals surface area contributed by atoms with E-state index in [0.717, 1.165) is 12.3 Å². The minimum atomic E-state index is -0.0348. The van der Waals surface area contributed by atoms with Crippen LogP contribution in [0.2, 0.25) is 0 Å². The molecule has 0 saturated heterocycles. The maximum atomic E-state index is 11.6. The standard InChI is InChI=1S/C19H32N4O2.HI/c1-7-20-18(22-14-17(24)23(5)6)21-11-12-25-16-10-8-9-15(13-16)19(2,3)4;/h8-10,13H,7,11-12,14H2,1-6H3,(H2,20,21,22);1H. The number of carbonyl (C=O) groups excluding carboxylic acids is 1. The van der Waals surface area contributed by atoms with E-state index in [1.54, 1.807) is 14.1 Å². The molecular weight excluding hydrogens is 443 g/mol. The Morgan fingerprint density at radius 2 is 1.92 bits per heavy atom. The molecule has 0 saturated carbocycles. The van der Waals surface area contributed by atoms with Gasteiger partial charge in [0.15, 0.2) is 5.96 Å². The van der Waals surface area contributed by atoms with Gasteiger partial charge in [0.2, 0.25) is 5.91 Å². The van der Waals surface area contributed by atoms with Gasteiger partial charge in [-0.2, -0.15) is 0 Å². The molecule has 0 fully saturated rings. The van der Waals surface area contributed by atoms with Crippen LogP contribution in [0.3, 0.4) is 0 Å². The predicted octanol–water partition coefficient (Wildman–Crippen LogP) is 2.62. The van der Waals surface area contributed by atoms with Crippen molar-refractivity contribution in [1.29, 1.82) is 0 Å². The number of aliphatic imine (C=N–C) groups is 1. The average molecular weight is 476 g/mol. The largest absolute Gasteiger partial charge is 0.492 e. The van der Waals surface area contributed by atoms with Crippen LogP contribution in [0.5, 0.6) is 5.75 Å². The van der Waals surface area contributed by atoms with Gasteiger partial charge < -0.3 is 20.3 Å². The van der Waals surface area contributed by atoms with Gasteiger partial charge in [0.25, 0.3) is 0 Å². The number of rotatable bonds is 7. The summed E-state index contributed by atoms with van der Waals surface area (Å²) >= 11 is 0. The van der Waals surface area contributed by atoms with Crippen molar-refractivity contribution < 1.29 is 9.53 Å². The van der Waals surface area contributed by atoms with Crippen LogP contribution in [-0.4, -0.2) is 57.1 Å². The summed E-state index contributed by atoms with van der Waals surface area (Å²) < 4.78 is 5.81. The van der Waals surface area contributed by atoms with Crippen molar-refractivity contribution in [2.45, 2.75) is 33.1 Å². The number of ether oxygens (including phenoxy) is 1. The van der Waals surface area contributed by atoms with Gasteiger partial charge in [-0.15, -0.1) is 24.0 Å². The lowest BCUT2D eigenvalue weighted by atomic mass is 9.87. The molecule has 0 spiro atoms. The number of amides is 1. The minimum Gasteiger partial charge on any atom is -0.492 e. The van der Waals surface area contributed by atoms with E-state index in [4.69, 9.17) is 4.74 Å². The maximum absolute atomic E-state index is 11.6. The fraction of sp³-hybridized carbons (Fsp3) is 0.579. The molecule has 0 radical (unpaired) electrons. The summed E-state index contributed by atoms with van der Waals surface area (Å²) in [6, 6.07) is 8.17. The third kappa shape index (κ3) is 9.26. The average Bonchev–Trinajstić information content (AvgIpc) is 2.55. The number of nitrogens with zero attached hydrogens (tertiary/aromatic N) is 2. The molecule has 148 valence electrons. The van der Waals surface area contributed by atoms with Crippen LogP contribution in [0.15, 0.2) is 29.3 Å². The lowest BCUT2D eigenvalue weighted by molar-refractivity contribution is -0.127. The molecule has 0 unspecified atom stereocenters. The van der Waals surface area contributed by atoms with Crippen molar-refractivity contribution in [3.05, 3.63) is 29.8 Å². The number of halogens is 1. The zero-order valence-corrected chi connectivity index (χ0v) is 19.1. The van der Waals surface area contributed by atoms with Gasteiger partial charge in [0.1, 0.15) is 18.9 Å². The Bertz CT molecular complexity index is 583. The van der Waals surface area contributed by atoms with Crippen LogP contribution >= 0.6 is 24.0 Å². The first kappa shape index (κ1) is 24.5. The number of guanidine groups is 1.